The van der Waals surface area contributed by atoms with Crippen molar-refractivity contribution in [1.29, 1.82) is 0 Å². The fraction of sp³-hybridized carbons (Fsp3) is 0.571. The topological polar surface area (TPSA) is 46.2 Å². The van der Waals surface area contributed by atoms with Gasteiger partial charge in [0.05, 0.1) is 5.60 Å². The summed E-state index contributed by atoms with van der Waals surface area (Å²) in [5, 5.41) is 10.2. The highest BCUT2D eigenvalue weighted by Gasteiger charge is 2.25. The Hall–Kier alpha value is -0.860. The number of rotatable bonds is 2. The van der Waals surface area contributed by atoms with E-state index in [2.05, 4.69) is 39.0 Å². The monoisotopic (exact) mass is 221 g/mol. The highest BCUT2D eigenvalue weighted by atomic mass is 16.3. The highest BCUT2D eigenvalue weighted by molar-refractivity contribution is 5.38. The average Bonchev–Trinajstić information content (AvgIpc) is 2.16. The fourth-order valence-corrected chi connectivity index (χ4v) is 1.78. The van der Waals surface area contributed by atoms with Crippen molar-refractivity contribution >= 4 is 0 Å². The van der Waals surface area contributed by atoms with Crippen molar-refractivity contribution in [3.05, 3.63) is 34.9 Å². The first-order valence-electron chi connectivity index (χ1n) is 5.72. The molecule has 90 valence electrons. The summed E-state index contributed by atoms with van der Waals surface area (Å²) in [4.78, 5) is 0. The van der Waals surface area contributed by atoms with E-state index < -0.39 is 5.60 Å². The van der Waals surface area contributed by atoms with Crippen LogP contribution in [0.2, 0.25) is 0 Å². The van der Waals surface area contributed by atoms with E-state index in [1.807, 2.05) is 6.92 Å². The van der Waals surface area contributed by atoms with Crippen molar-refractivity contribution in [1.82, 2.24) is 0 Å². The first-order chi connectivity index (χ1) is 7.18. The minimum Gasteiger partial charge on any atom is -0.384 e. The summed E-state index contributed by atoms with van der Waals surface area (Å²) in [6.45, 7) is 10.5. The molecule has 0 spiro atoms. The maximum absolute atomic E-state index is 10.2. The van der Waals surface area contributed by atoms with Crippen molar-refractivity contribution in [2.75, 3.05) is 6.54 Å². The summed E-state index contributed by atoms with van der Waals surface area (Å²) in [6, 6.07) is 6.24. The number of aliphatic hydroxyl groups is 1. The lowest BCUT2D eigenvalue weighted by Crippen LogP contribution is -2.32. The Balaban J connectivity index is 3.30. The van der Waals surface area contributed by atoms with Crippen LogP contribution in [0.5, 0.6) is 0 Å². The van der Waals surface area contributed by atoms with Gasteiger partial charge < -0.3 is 10.8 Å². The minimum atomic E-state index is -0.939. The van der Waals surface area contributed by atoms with Gasteiger partial charge in [-0.15, -0.1) is 0 Å². The summed E-state index contributed by atoms with van der Waals surface area (Å²) in [7, 11) is 0. The van der Waals surface area contributed by atoms with Crippen molar-refractivity contribution < 1.29 is 5.11 Å². The van der Waals surface area contributed by atoms with E-state index >= 15 is 0 Å². The van der Waals surface area contributed by atoms with E-state index in [9.17, 15) is 5.11 Å². The van der Waals surface area contributed by atoms with Crippen molar-refractivity contribution in [3.8, 4) is 0 Å². The van der Waals surface area contributed by atoms with Gasteiger partial charge in [0, 0.05) is 6.54 Å². The first-order valence-corrected chi connectivity index (χ1v) is 5.72. The number of benzene rings is 1. The quantitative estimate of drug-likeness (QED) is 0.806. The molecule has 1 unspecified atom stereocenters. The van der Waals surface area contributed by atoms with Crippen LogP contribution < -0.4 is 5.73 Å². The van der Waals surface area contributed by atoms with Crippen LogP contribution in [0.15, 0.2) is 18.2 Å². The molecule has 0 aliphatic rings. The van der Waals surface area contributed by atoms with Crippen molar-refractivity contribution in [2.24, 2.45) is 5.73 Å². The van der Waals surface area contributed by atoms with Gasteiger partial charge in [0.25, 0.3) is 0 Å². The van der Waals surface area contributed by atoms with Gasteiger partial charge in [0.15, 0.2) is 0 Å². The Morgan fingerprint density at radius 1 is 1.19 bits per heavy atom. The zero-order valence-corrected chi connectivity index (χ0v) is 11.0. The predicted molar refractivity (Wildman–Crippen MR) is 68.5 cm³/mol. The maximum Gasteiger partial charge on any atom is 0.0992 e. The third kappa shape index (κ3) is 2.63. The molecule has 16 heavy (non-hydrogen) atoms. The number of nitrogens with two attached hydrogens (primary N) is 1. The number of hydrogen-bond donors (Lipinski definition) is 2. The zero-order chi connectivity index (χ0) is 12.6. The van der Waals surface area contributed by atoms with Crippen LogP contribution in [0.3, 0.4) is 0 Å². The molecule has 1 aromatic rings. The van der Waals surface area contributed by atoms with Crippen LogP contribution in [0.4, 0.5) is 0 Å². The number of hydrogen-bond acceptors (Lipinski definition) is 2. The second kappa shape index (κ2) is 4.19. The van der Waals surface area contributed by atoms with Crippen molar-refractivity contribution in [2.45, 2.75) is 45.6 Å². The van der Waals surface area contributed by atoms with E-state index in [1.165, 1.54) is 5.56 Å². The van der Waals surface area contributed by atoms with E-state index in [4.69, 9.17) is 5.73 Å². The molecule has 1 atom stereocenters. The van der Waals surface area contributed by atoms with E-state index in [0.29, 0.717) is 0 Å². The largest absolute Gasteiger partial charge is 0.384 e. The molecular formula is C14H23NO. The van der Waals surface area contributed by atoms with Crippen LogP contribution in [0.25, 0.3) is 0 Å². The lowest BCUT2D eigenvalue weighted by Gasteiger charge is -2.27. The second-order valence-corrected chi connectivity index (χ2v) is 5.76. The fourth-order valence-electron chi connectivity index (χ4n) is 1.78. The summed E-state index contributed by atoms with van der Waals surface area (Å²) in [5.74, 6) is 0. The van der Waals surface area contributed by atoms with Gasteiger partial charge in [-0.1, -0.05) is 39.0 Å². The van der Waals surface area contributed by atoms with Crippen LogP contribution in [0.1, 0.15) is 44.4 Å². The molecule has 3 N–H and O–H groups in total. The molecule has 0 aromatic heterocycles. The molecule has 2 nitrogen and oxygen atoms in total. The van der Waals surface area contributed by atoms with Crippen LogP contribution in [-0.2, 0) is 11.0 Å². The molecule has 0 aliphatic carbocycles. The minimum absolute atomic E-state index is 0.0904. The molecule has 0 bridgehead atoms. The van der Waals surface area contributed by atoms with E-state index in [1.54, 1.807) is 6.92 Å². The Bertz CT molecular complexity index is 375. The van der Waals surface area contributed by atoms with Gasteiger partial charge in [-0.2, -0.15) is 0 Å². The molecule has 0 radical (unpaired) electrons. The summed E-state index contributed by atoms with van der Waals surface area (Å²) < 4.78 is 0. The Morgan fingerprint density at radius 3 is 2.19 bits per heavy atom. The van der Waals surface area contributed by atoms with Crippen LogP contribution >= 0.6 is 0 Å². The molecule has 0 aliphatic heterocycles. The molecule has 0 saturated heterocycles. The molecular weight excluding hydrogens is 198 g/mol. The van der Waals surface area contributed by atoms with Gasteiger partial charge in [-0.3, -0.25) is 0 Å². The summed E-state index contributed by atoms with van der Waals surface area (Å²) in [5.41, 5.74) is 8.01. The Morgan fingerprint density at radius 2 is 1.75 bits per heavy atom. The van der Waals surface area contributed by atoms with E-state index in [-0.39, 0.29) is 12.0 Å². The number of aryl methyl sites for hydroxylation is 1. The maximum atomic E-state index is 10.2. The zero-order valence-electron chi connectivity index (χ0n) is 11.0. The predicted octanol–water partition coefficient (Wildman–Crippen LogP) is 2.46. The average molecular weight is 221 g/mol. The summed E-state index contributed by atoms with van der Waals surface area (Å²) >= 11 is 0. The molecule has 1 rings (SSSR count). The lowest BCUT2D eigenvalue weighted by atomic mass is 9.82. The molecule has 1 aromatic carbocycles. The molecule has 2 heteroatoms. The summed E-state index contributed by atoms with van der Waals surface area (Å²) in [6.07, 6.45) is 0. The SMILES string of the molecule is Cc1ccc(C(C)(C)C)cc1C(C)(O)CN. The van der Waals surface area contributed by atoms with Crippen molar-refractivity contribution in [3.63, 3.8) is 0 Å². The van der Waals surface area contributed by atoms with Crippen LogP contribution in [0, 0.1) is 6.92 Å². The third-order valence-electron chi connectivity index (χ3n) is 3.08. The van der Waals surface area contributed by atoms with Gasteiger partial charge in [0.1, 0.15) is 0 Å². The van der Waals surface area contributed by atoms with Gasteiger partial charge in [-0.25, -0.2) is 0 Å². The van der Waals surface area contributed by atoms with Gasteiger partial charge >= 0.3 is 0 Å². The molecule has 0 fully saturated rings. The van der Waals surface area contributed by atoms with E-state index in [0.717, 1.165) is 11.1 Å². The smallest absolute Gasteiger partial charge is 0.0992 e. The third-order valence-corrected chi connectivity index (χ3v) is 3.08. The Kier molecular flexibility index (Phi) is 3.46. The molecule has 0 heterocycles. The highest BCUT2D eigenvalue weighted by Crippen LogP contribution is 2.29. The van der Waals surface area contributed by atoms with Gasteiger partial charge in [0.2, 0.25) is 0 Å². The lowest BCUT2D eigenvalue weighted by molar-refractivity contribution is 0.0660. The van der Waals surface area contributed by atoms with Gasteiger partial charge in [-0.05, 0) is 36.0 Å². The molecule has 0 saturated carbocycles. The Labute approximate surface area is 98.5 Å². The first kappa shape index (κ1) is 13.2. The normalized spacial score (nSPS) is 15.9. The standard InChI is InChI=1S/C14H23NO/c1-10-6-7-11(13(2,3)4)8-12(10)14(5,16)9-15/h6-8,16H,9,15H2,1-5H3. The van der Waals surface area contributed by atoms with Crippen LogP contribution in [-0.4, -0.2) is 11.7 Å². The second-order valence-electron chi connectivity index (χ2n) is 5.76. The molecule has 0 amide bonds.